The maximum atomic E-state index is 9.40. The normalized spacial score (nSPS) is 11.1. The summed E-state index contributed by atoms with van der Waals surface area (Å²) in [6.45, 7) is 0. The summed E-state index contributed by atoms with van der Waals surface area (Å²) in [5.74, 6) is 1.89. The summed E-state index contributed by atoms with van der Waals surface area (Å²) in [5, 5.41) is 16.5. The van der Waals surface area contributed by atoms with Crippen molar-refractivity contribution in [1.29, 1.82) is 5.26 Å². The molecule has 0 saturated heterocycles. The molecule has 0 bridgehead atoms. The zero-order valence-corrected chi connectivity index (χ0v) is 27.3. The Morgan fingerprint density at radius 3 is 1.51 bits per heavy atom. The van der Waals surface area contributed by atoms with Crippen LogP contribution in [0.1, 0.15) is 5.56 Å². The molecule has 3 aromatic heterocycles. The van der Waals surface area contributed by atoms with Crippen molar-refractivity contribution in [3.8, 4) is 73.7 Å². The first-order valence-corrected chi connectivity index (χ1v) is 16.7. The standard InChI is InChI=1S/C45H28N6/c46-28-30-16-18-33(19-17-30)41-27-38-26-37(24-25-39(38)42-40(29-47-51(41)42)32-10-4-1-5-11-32)31-20-22-36(23-21-31)45-49-43(34-12-6-2-7-13-34)48-44(50-45)35-14-8-3-9-15-35/h1-27,29H. The van der Waals surface area contributed by atoms with Gasteiger partial charge in [0.1, 0.15) is 0 Å². The summed E-state index contributed by atoms with van der Waals surface area (Å²) >= 11 is 0. The summed E-state index contributed by atoms with van der Waals surface area (Å²) < 4.78 is 2.02. The maximum Gasteiger partial charge on any atom is 0.164 e. The second kappa shape index (κ2) is 12.7. The number of hydrogen-bond acceptors (Lipinski definition) is 5. The highest BCUT2D eigenvalue weighted by Gasteiger charge is 2.17. The molecular weight excluding hydrogens is 625 g/mol. The molecule has 0 atom stereocenters. The van der Waals surface area contributed by atoms with Crippen LogP contribution in [0.2, 0.25) is 0 Å². The molecule has 0 N–H and O–H groups in total. The highest BCUT2D eigenvalue weighted by Crippen LogP contribution is 2.37. The van der Waals surface area contributed by atoms with E-state index >= 15 is 0 Å². The summed E-state index contributed by atoms with van der Waals surface area (Å²) in [7, 11) is 0. The fraction of sp³-hybridized carbons (Fsp3) is 0. The van der Waals surface area contributed by atoms with Crippen LogP contribution >= 0.6 is 0 Å². The Morgan fingerprint density at radius 2 is 0.941 bits per heavy atom. The summed E-state index contributed by atoms with van der Waals surface area (Å²) in [5.41, 5.74) is 10.7. The second-order valence-electron chi connectivity index (χ2n) is 12.3. The second-order valence-corrected chi connectivity index (χ2v) is 12.3. The number of fused-ring (bicyclic) bond motifs is 3. The highest BCUT2D eigenvalue weighted by molar-refractivity contribution is 6.06. The third-order valence-corrected chi connectivity index (χ3v) is 9.17. The monoisotopic (exact) mass is 652 g/mol. The lowest BCUT2D eigenvalue weighted by atomic mass is 9.97. The van der Waals surface area contributed by atoms with Crippen LogP contribution in [0.4, 0.5) is 0 Å². The van der Waals surface area contributed by atoms with Crippen LogP contribution in [-0.2, 0) is 0 Å². The molecule has 51 heavy (non-hydrogen) atoms. The highest BCUT2D eigenvalue weighted by atomic mass is 15.2. The third-order valence-electron chi connectivity index (χ3n) is 9.17. The molecule has 238 valence electrons. The number of rotatable bonds is 6. The fourth-order valence-electron chi connectivity index (χ4n) is 6.58. The van der Waals surface area contributed by atoms with E-state index in [1.807, 2.05) is 102 Å². The molecule has 6 heteroatoms. The number of aromatic nitrogens is 5. The fourth-order valence-corrected chi connectivity index (χ4v) is 6.58. The van der Waals surface area contributed by atoms with Gasteiger partial charge in [0, 0.05) is 33.2 Å². The smallest absolute Gasteiger partial charge is 0.164 e. The van der Waals surface area contributed by atoms with Gasteiger partial charge in [0.2, 0.25) is 0 Å². The van der Waals surface area contributed by atoms with Crippen molar-refractivity contribution >= 4 is 16.3 Å². The number of benzene rings is 6. The molecule has 0 fully saturated rings. The molecule has 0 aliphatic heterocycles. The zero-order chi connectivity index (χ0) is 34.1. The van der Waals surface area contributed by atoms with Crippen LogP contribution in [0, 0.1) is 11.3 Å². The SMILES string of the molecule is N#Cc1ccc(-c2cc3cc(-c4ccc(-c5nc(-c6ccccc6)nc(-c6ccccc6)n5)cc4)ccc3c3c(-c4ccccc4)cnn23)cc1. The van der Waals surface area contributed by atoms with Crippen LogP contribution in [-0.4, -0.2) is 24.6 Å². The van der Waals surface area contributed by atoms with Crippen molar-refractivity contribution in [1.82, 2.24) is 24.6 Å². The van der Waals surface area contributed by atoms with E-state index in [0.717, 1.165) is 66.5 Å². The van der Waals surface area contributed by atoms with Gasteiger partial charge in [-0.25, -0.2) is 19.5 Å². The number of nitriles is 1. The summed E-state index contributed by atoms with van der Waals surface area (Å²) in [4.78, 5) is 14.6. The molecule has 6 aromatic carbocycles. The van der Waals surface area contributed by atoms with E-state index < -0.39 is 0 Å². The van der Waals surface area contributed by atoms with E-state index in [0.29, 0.717) is 23.0 Å². The van der Waals surface area contributed by atoms with Gasteiger partial charge in [-0.2, -0.15) is 10.4 Å². The average molecular weight is 653 g/mol. The van der Waals surface area contributed by atoms with Gasteiger partial charge in [0.25, 0.3) is 0 Å². The van der Waals surface area contributed by atoms with Crippen LogP contribution < -0.4 is 0 Å². The van der Waals surface area contributed by atoms with Gasteiger partial charge >= 0.3 is 0 Å². The van der Waals surface area contributed by atoms with Crippen molar-refractivity contribution in [3.05, 3.63) is 176 Å². The van der Waals surface area contributed by atoms with Gasteiger partial charge in [0.15, 0.2) is 17.5 Å². The number of nitrogens with zero attached hydrogens (tertiary/aromatic N) is 6. The Balaban J connectivity index is 1.15. The number of pyridine rings is 1. The lowest BCUT2D eigenvalue weighted by Crippen LogP contribution is -2.00. The molecule has 3 heterocycles. The van der Waals surface area contributed by atoms with Gasteiger partial charge in [0.05, 0.1) is 29.0 Å². The minimum atomic E-state index is 0.622. The molecule has 0 amide bonds. The Kier molecular flexibility index (Phi) is 7.42. The van der Waals surface area contributed by atoms with E-state index in [-0.39, 0.29) is 0 Å². The Bertz CT molecular complexity index is 2660. The third kappa shape index (κ3) is 5.59. The van der Waals surface area contributed by atoms with Crippen molar-refractivity contribution in [2.24, 2.45) is 0 Å². The molecule has 0 spiro atoms. The minimum Gasteiger partial charge on any atom is -0.232 e. The quantitative estimate of drug-likeness (QED) is 0.179. The molecular formula is C45H28N6. The molecule has 0 unspecified atom stereocenters. The first-order chi connectivity index (χ1) is 25.2. The molecule has 0 radical (unpaired) electrons. The van der Waals surface area contributed by atoms with Crippen molar-refractivity contribution < 1.29 is 0 Å². The number of hydrogen-bond donors (Lipinski definition) is 0. The molecule has 0 aliphatic carbocycles. The molecule has 6 nitrogen and oxygen atoms in total. The van der Waals surface area contributed by atoms with E-state index in [1.54, 1.807) is 0 Å². The first kappa shape index (κ1) is 29.9. The van der Waals surface area contributed by atoms with Gasteiger partial charge in [-0.15, -0.1) is 0 Å². The van der Waals surface area contributed by atoms with Crippen molar-refractivity contribution in [3.63, 3.8) is 0 Å². The molecule has 9 aromatic rings. The van der Waals surface area contributed by atoms with E-state index in [9.17, 15) is 5.26 Å². The predicted octanol–water partition coefficient (Wildman–Crippen LogP) is 10.5. The zero-order valence-electron chi connectivity index (χ0n) is 27.3. The lowest BCUT2D eigenvalue weighted by molar-refractivity contribution is 0.975. The van der Waals surface area contributed by atoms with Crippen LogP contribution in [0.15, 0.2) is 170 Å². The van der Waals surface area contributed by atoms with Crippen LogP contribution in [0.5, 0.6) is 0 Å². The summed E-state index contributed by atoms with van der Waals surface area (Å²) in [6, 6.07) is 57.5. The Morgan fingerprint density at radius 1 is 0.451 bits per heavy atom. The molecule has 9 rings (SSSR count). The topological polar surface area (TPSA) is 79.8 Å². The lowest BCUT2D eigenvalue weighted by Gasteiger charge is -2.12. The average Bonchev–Trinajstić information content (AvgIpc) is 3.67. The Labute approximate surface area is 294 Å². The molecule has 0 aliphatic rings. The van der Waals surface area contributed by atoms with Crippen molar-refractivity contribution in [2.45, 2.75) is 0 Å². The predicted molar refractivity (Wildman–Crippen MR) is 203 cm³/mol. The van der Waals surface area contributed by atoms with Gasteiger partial charge in [-0.3, -0.25) is 0 Å². The largest absolute Gasteiger partial charge is 0.232 e. The van der Waals surface area contributed by atoms with Crippen LogP contribution in [0.3, 0.4) is 0 Å². The minimum absolute atomic E-state index is 0.622. The molecule has 0 saturated carbocycles. The van der Waals surface area contributed by atoms with Gasteiger partial charge in [-0.05, 0) is 46.3 Å². The van der Waals surface area contributed by atoms with Gasteiger partial charge in [-0.1, -0.05) is 140 Å². The van der Waals surface area contributed by atoms with E-state index in [1.165, 1.54) is 0 Å². The van der Waals surface area contributed by atoms with E-state index in [4.69, 9.17) is 20.1 Å². The van der Waals surface area contributed by atoms with E-state index in [2.05, 4.69) is 78.9 Å². The van der Waals surface area contributed by atoms with Crippen molar-refractivity contribution in [2.75, 3.05) is 0 Å². The van der Waals surface area contributed by atoms with Gasteiger partial charge < -0.3 is 0 Å². The first-order valence-electron chi connectivity index (χ1n) is 16.7. The van der Waals surface area contributed by atoms with Crippen LogP contribution in [0.25, 0.3) is 84.0 Å². The Hall–Kier alpha value is -7.23. The maximum absolute atomic E-state index is 9.40. The summed E-state index contributed by atoms with van der Waals surface area (Å²) in [6.07, 6.45) is 1.94.